The summed E-state index contributed by atoms with van der Waals surface area (Å²) in [6, 6.07) is 9.47. The average molecular weight is 281 g/mol. The molecule has 0 bridgehead atoms. The fraction of sp³-hybridized carbons (Fsp3) is 0.214. The fourth-order valence-electron chi connectivity index (χ4n) is 1.78. The van der Waals surface area contributed by atoms with Crippen LogP contribution >= 0.6 is 23.2 Å². The summed E-state index contributed by atoms with van der Waals surface area (Å²) in [5.41, 5.74) is 8.34. The maximum atomic E-state index is 6.14. The second-order valence-electron chi connectivity index (χ2n) is 4.18. The van der Waals surface area contributed by atoms with Crippen molar-refractivity contribution >= 4 is 23.2 Å². The van der Waals surface area contributed by atoms with Crippen molar-refractivity contribution in [2.45, 2.75) is 18.9 Å². The third-order valence-electron chi connectivity index (χ3n) is 2.84. The Morgan fingerprint density at radius 1 is 1.17 bits per heavy atom. The molecule has 94 valence electrons. The first-order valence-corrected chi connectivity index (χ1v) is 6.52. The van der Waals surface area contributed by atoms with Crippen LogP contribution in [0.4, 0.5) is 0 Å². The van der Waals surface area contributed by atoms with Gasteiger partial charge in [-0.2, -0.15) is 0 Å². The molecule has 0 aliphatic carbocycles. The van der Waals surface area contributed by atoms with Gasteiger partial charge in [-0.3, -0.25) is 4.98 Å². The second-order valence-corrected chi connectivity index (χ2v) is 4.99. The number of hydrogen-bond donors (Lipinski definition) is 1. The van der Waals surface area contributed by atoms with Gasteiger partial charge < -0.3 is 5.73 Å². The van der Waals surface area contributed by atoms with Crippen molar-refractivity contribution in [3.8, 4) is 0 Å². The lowest BCUT2D eigenvalue weighted by atomic mass is 10.0. The summed E-state index contributed by atoms with van der Waals surface area (Å²) < 4.78 is 0. The highest BCUT2D eigenvalue weighted by Crippen LogP contribution is 2.26. The van der Waals surface area contributed by atoms with E-state index in [2.05, 4.69) is 11.1 Å². The summed E-state index contributed by atoms with van der Waals surface area (Å²) in [7, 11) is 0. The van der Waals surface area contributed by atoms with Crippen LogP contribution in [0.25, 0.3) is 0 Å². The second kappa shape index (κ2) is 6.19. The third kappa shape index (κ3) is 3.45. The Balaban J connectivity index is 1.99. The molecule has 2 N–H and O–H groups in total. The van der Waals surface area contributed by atoms with Gasteiger partial charge in [0.25, 0.3) is 0 Å². The molecule has 0 amide bonds. The van der Waals surface area contributed by atoms with Crippen LogP contribution in [0.1, 0.15) is 23.6 Å². The normalized spacial score (nSPS) is 12.4. The lowest BCUT2D eigenvalue weighted by molar-refractivity contribution is 0.650. The molecule has 1 atom stereocenters. The molecule has 1 heterocycles. The van der Waals surface area contributed by atoms with Crippen molar-refractivity contribution in [2.75, 3.05) is 0 Å². The Kier molecular flexibility index (Phi) is 4.59. The first kappa shape index (κ1) is 13.3. The third-order valence-corrected chi connectivity index (χ3v) is 3.58. The quantitative estimate of drug-likeness (QED) is 0.919. The molecule has 1 aromatic heterocycles. The molecule has 4 heteroatoms. The number of pyridine rings is 1. The Morgan fingerprint density at radius 3 is 2.67 bits per heavy atom. The number of nitrogens with zero attached hydrogens (tertiary/aromatic N) is 1. The fourth-order valence-corrected chi connectivity index (χ4v) is 2.08. The number of benzene rings is 1. The summed E-state index contributed by atoms with van der Waals surface area (Å²) in [5, 5.41) is 1.10. The number of nitrogens with two attached hydrogens (primary N) is 1. The van der Waals surface area contributed by atoms with Crippen LogP contribution < -0.4 is 5.73 Å². The topological polar surface area (TPSA) is 38.9 Å². The summed E-state index contributed by atoms with van der Waals surface area (Å²) in [5.74, 6) is 0. The van der Waals surface area contributed by atoms with Crippen LogP contribution in [0.15, 0.2) is 42.7 Å². The smallest absolute Gasteiger partial charge is 0.0595 e. The number of hydrogen-bond acceptors (Lipinski definition) is 2. The van der Waals surface area contributed by atoms with E-state index in [0.29, 0.717) is 10.0 Å². The highest BCUT2D eigenvalue weighted by Gasteiger charge is 2.08. The minimum absolute atomic E-state index is 0.0417. The van der Waals surface area contributed by atoms with E-state index in [1.807, 2.05) is 24.4 Å². The van der Waals surface area contributed by atoms with Crippen LogP contribution in [-0.2, 0) is 6.42 Å². The van der Waals surface area contributed by atoms with Crippen molar-refractivity contribution in [3.05, 3.63) is 63.9 Å². The first-order chi connectivity index (χ1) is 8.66. The Bertz CT molecular complexity index is 514. The molecular formula is C14H14Cl2N2. The summed E-state index contributed by atoms with van der Waals surface area (Å²) in [6.45, 7) is 0. The Hall–Kier alpha value is -1.09. The average Bonchev–Trinajstić information content (AvgIpc) is 2.40. The molecule has 1 unspecified atom stereocenters. The first-order valence-electron chi connectivity index (χ1n) is 5.76. The van der Waals surface area contributed by atoms with Crippen molar-refractivity contribution in [1.29, 1.82) is 0 Å². The molecule has 0 saturated carbocycles. The maximum Gasteiger partial charge on any atom is 0.0595 e. The Morgan fingerprint density at radius 2 is 2.00 bits per heavy atom. The standard InChI is InChI=1S/C14H14Cl2N2/c15-12-5-4-11(8-13(12)16)14(17)6-3-10-2-1-7-18-9-10/h1-2,4-5,7-9,14H,3,6,17H2. The van der Waals surface area contributed by atoms with Gasteiger partial charge in [0.1, 0.15) is 0 Å². The van der Waals surface area contributed by atoms with Crippen LogP contribution in [-0.4, -0.2) is 4.98 Å². The predicted octanol–water partition coefficient (Wildman–Crippen LogP) is 4.02. The lowest BCUT2D eigenvalue weighted by Crippen LogP contribution is -2.11. The summed E-state index contributed by atoms with van der Waals surface area (Å²) in [6.07, 6.45) is 5.38. The molecular weight excluding hydrogens is 267 g/mol. The highest BCUT2D eigenvalue weighted by molar-refractivity contribution is 6.42. The van der Waals surface area contributed by atoms with Crippen molar-refractivity contribution in [1.82, 2.24) is 4.98 Å². The van der Waals surface area contributed by atoms with Gasteiger partial charge >= 0.3 is 0 Å². The molecule has 0 saturated heterocycles. The van der Waals surface area contributed by atoms with Gasteiger partial charge in [0.15, 0.2) is 0 Å². The number of aromatic nitrogens is 1. The summed E-state index contributed by atoms with van der Waals surface area (Å²) in [4.78, 5) is 4.08. The monoisotopic (exact) mass is 280 g/mol. The summed E-state index contributed by atoms with van der Waals surface area (Å²) >= 11 is 11.9. The largest absolute Gasteiger partial charge is 0.324 e. The van der Waals surface area contributed by atoms with E-state index in [9.17, 15) is 0 Å². The van der Waals surface area contributed by atoms with E-state index < -0.39 is 0 Å². The highest BCUT2D eigenvalue weighted by atomic mass is 35.5. The number of halogens is 2. The van der Waals surface area contributed by atoms with E-state index in [4.69, 9.17) is 28.9 Å². The van der Waals surface area contributed by atoms with Crippen molar-refractivity contribution in [2.24, 2.45) is 5.73 Å². The van der Waals surface area contributed by atoms with Crippen LogP contribution in [0, 0.1) is 0 Å². The van der Waals surface area contributed by atoms with Crippen LogP contribution in [0.3, 0.4) is 0 Å². The van der Waals surface area contributed by atoms with E-state index in [-0.39, 0.29) is 6.04 Å². The number of aryl methyl sites for hydroxylation is 1. The molecule has 0 spiro atoms. The lowest BCUT2D eigenvalue weighted by Gasteiger charge is -2.12. The van der Waals surface area contributed by atoms with Crippen molar-refractivity contribution in [3.63, 3.8) is 0 Å². The van der Waals surface area contributed by atoms with Gasteiger partial charge in [0.05, 0.1) is 10.0 Å². The van der Waals surface area contributed by atoms with E-state index in [1.165, 1.54) is 5.56 Å². The predicted molar refractivity (Wildman–Crippen MR) is 75.9 cm³/mol. The van der Waals surface area contributed by atoms with Gasteiger partial charge in [0, 0.05) is 18.4 Å². The molecule has 0 aliphatic rings. The zero-order valence-corrected chi connectivity index (χ0v) is 11.3. The SMILES string of the molecule is NC(CCc1cccnc1)c1ccc(Cl)c(Cl)c1. The Labute approximate surface area is 117 Å². The molecule has 18 heavy (non-hydrogen) atoms. The van der Waals surface area contributed by atoms with Gasteiger partial charge in [-0.25, -0.2) is 0 Å². The zero-order chi connectivity index (χ0) is 13.0. The van der Waals surface area contributed by atoms with E-state index >= 15 is 0 Å². The molecule has 0 radical (unpaired) electrons. The molecule has 1 aromatic carbocycles. The van der Waals surface area contributed by atoms with Crippen LogP contribution in [0.5, 0.6) is 0 Å². The molecule has 2 nitrogen and oxygen atoms in total. The minimum atomic E-state index is -0.0417. The van der Waals surface area contributed by atoms with E-state index in [1.54, 1.807) is 12.3 Å². The van der Waals surface area contributed by atoms with Crippen molar-refractivity contribution < 1.29 is 0 Å². The van der Waals surface area contributed by atoms with Gasteiger partial charge in [0.2, 0.25) is 0 Å². The zero-order valence-electron chi connectivity index (χ0n) is 9.81. The van der Waals surface area contributed by atoms with Gasteiger partial charge in [-0.05, 0) is 42.2 Å². The number of rotatable bonds is 4. The van der Waals surface area contributed by atoms with Gasteiger partial charge in [-0.1, -0.05) is 35.3 Å². The van der Waals surface area contributed by atoms with E-state index in [0.717, 1.165) is 18.4 Å². The molecule has 0 aliphatic heterocycles. The molecule has 2 rings (SSSR count). The van der Waals surface area contributed by atoms with Crippen LogP contribution in [0.2, 0.25) is 10.0 Å². The molecule has 2 aromatic rings. The minimum Gasteiger partial charge on any atom is -0.324 e. The molecule has 0 fully saturated rings. The maximum absolute atomic E-state index is 6.14. The van der Waals surface area contributed by atoms with Gasteiger partial charge in [-0.15, -0.1) is 0 Å².